The van der Waals surface area contributed by atoms with Crippen molar-refractivity contribution in [2.75, 3.05) is 12.0 Å². The highest BCUT2D eigenvalue weighted by Crippen LogP contribution is 2.33. The summed E-state index contributed by atoms with van der Waals surface area (Å²) in [5, 5.41) is 0. The summed E-state index contributed by atoms with van der Waals surface area (Å²) in [6, 6.07) is 4.68. The van der Waals surface area contributed by atoms with E-state index in [1.165, 1.54) is 12.3 Å². The quantitative estimate of drug-likeness (QED) is 0.871. The maximum Gasteiger partial charge on any atom is 0.175 e. The van der Waals surface area contributed by atoms with Crippen LogP contribution in [0.1, 0.15) is 33.1 Å². The summed E-state index contributed by atoms with van der Waals surface area (Å²) >= 11 is 0. The molecule has 2 N–H and O–H groups in total. The molecule has 0 spiro atoms. The Labute approximate surface area is 121 Å². The van der Waals surface area contributed by atoms with Crippen molar-refractivity contribution in [2.24, 2.45) is 11.8 Å². The second-order valence-corrected chi connectivity index (χ2v) is 8.00. The van der Waals surface area contributed by atoms with Gasteiger partial charge in [-0.15, -0.1) is 0 Å². The molecule has 1 aromatic carbocycles. The van der Waals surface area contributed by atoms with E-state index in [-0.39, 0.29) is 11.0 Å². The smallest absolute Gasteiger partial charge is 0.175 e. The summed E-state index contributed by atoms with van der Waals surface area (Å²) < 4.78 is 28.9. The summed E-state index contributed by atoms with van der Waals surface area (Å²) in [6.45, 7) is 4.52. The van der Waals surface area contributed by atoms with Gasteiger partial charge in [-0.3, -0.25) is 0 Å². The molecule has 0 aromatic heterocycles. The lowest BCUT2D eigenvalue weighted by molar-refractivity contribution is 0.101. The first-order chi connectivity index (χ1) is 9.27. The first-order valence-corrected chi connectivity index (χ1v) is 8.92. The Hall–Kier alpha value is -1.23. The Morgan fingerprint density at radius 3 is 2.45 bits per heavy atom. The molecule has 5 heteroatoms. The second-order valence-electron chi connectivity index (χ2n) is 5.98. The van der Waals surface area contributed by atoms with Crippen LogP contribution < -0.4 is 10.5 Å². The minimum absolute atomic E-state index is 0.174. The van der Waals surface area contributed by atoms with Gasteiger partial charge in [0.2, 0.25) is 0 Å². The number of ether oxygens (including phenoxy) is 1. The number of rotatable bonds is 3. The molecule has 0 amide bonds. The molecule has 0 bridgehead atoms. The monoisotopic (exact) mass is 297 g/mol. The molecule has 1 saturated carbocycles. The third-order valence-corrected chi connectivity index (χ3v) is 5.36. The van der Waals surface area contributed by atoms with Crippen molar-refractivity contribution in [3.8, 4) is 5.75 Å². The van der Waals surface area contributed by atoms with E-state index in [0.717, 1.165) is 25.2 Å². The van der Waals surface area contributed by atoms with Crippen LogP contribution in [-0.4, -0.2) is 20.8 Å². The van der Waals surface area contributed by atoms with Gasteiger partial charge < -0.3 is 10.5 Å². The molecule has 4 nitrogen and oxygen atoms in total. The molecule has 1 aliphatic rings. The molecule has 2 rings (SSSR count). The summed E-state index contributed by atoms with van der Waals surface area (Å²) in [4.78, 5) is 0.230. The van der Waals surface area contributed by atoms with Gasteiger partial charge in [-0.1, -0.05) is 13.8 Å². The van der Waals surface area contributed by atoms with Gasteiger partial charge in [0.25, 0.3) is 0 Å². The Morgan fingerprint density at radius 2 is 1.90 bits per heavy atom. The van der Waals surface area contributed by atoms with E-state index in [1.807, 2.05) is 0 Å². The Balaban J connectivity index is 2.11. The summed E-state index contributed by atoms with van der Waals surface area (Å²) in [5.41, 5.74) is 6.30. The molecule has 1 fully saturated rings. The average molecular weight is 297 g/mol. The lowest BCUT2D eigenvalue weighted by Crippen LogP contribution is -2.29. The Kier molecular flexibility index (Phi) is 4.28. The van der Waals surface area contributed by atoms with E-state index in [1.54, 1.807) is 12.1 Å². The summed E-state index contributed by atoms with van der Waals surface area (Å²) in [6.07, 6.45) is 4.56. The molecule has 0 aliphatic heterocycles. The van der Waals surface area contributed by atoms with Gasteiger partial charge in [-0.25, -0.2) is 8.42 Å². The molecule has 20 heavy (non-hydrogen) atoms. The van der Waals surface area contributed by atoms with Crippen molar-refractivity contribution in [1.82, 2.24) is 0 Å². The van der Waals surface area contributed by atoms with E-state index in [9.17, 15) is 8.42 Å². The molecule has 0 heterocycles. The van der Waals surface area contributed by atoms with Crippen LogP contribution in [0.4, 0.5) is 5.69 Å². The Morgan fingerprint density at radius 1 is 1.20 bits per heavy atom. The van der Waals surface area contributed by atoms with Crippen molar-refractivity contribution in [2.45, 2.75) is 44.1 Å². The van der Waals surface area contributed by atoms with Crippen LogP contribution in [0.2, 0.25) is 0 Å². The van der Waals surface area contributed by atoms with Gasteiger partial charge in [0.05, 0.1) is 16.7 Å². The van der Waals surface area contributed by atoms with E-state index >= 15 is 0 Å². The predicted octanol–water partition coefficient (Wildman–Crippen LogP) is 2.88. The van der Waals surface area contributed by atoms with Crippen molar-refractivity contribution >= 4 is 15.5 Å². The summed E-state index contributed by atoms with van der Waals surface area (Å²) in [7, 11) is -3.23. The van der Waals surface area contributed by atoms with Crippen molar-refractivity contribution in [1.29, 1.82) is 0 Å². The molecule has 1 aliphatic carbocycles. The molecule has 3 unspecified atom stereocenters. The first-order valence-electron chi connectivity index (χ1n) is 7.03. The SMILES string of the molecule is CC1CCC(Oc2ccc(S(C)(=O)=O)cc2N)CC1C. The highest BCUT2D eigenvalue weighted by atomic mass is 32.2. The van der Waals surface area contributed by atoms with Gasteiger partial charge in [0.15, 0.2) is 9.84 Å². The van der Waals surface area contributed by atoms with Crippen molar-refractivity contribution in [3.63, 3.8) is 0 Å². The highest BCUT2D eigenvalue weighted by molar-refractivity contribution is 7.90. The van der Waals surface area contributed by atoms with Crippen LogP contribution in [-0.2, 0) is 9.84 Å². The van der Waals surface area contributed by atoms with E-state index < -0.39 is 9.84 Å². The number of sulfone groups is 1. The van der Waals surface area contributed by atoms with Crippen molar-refractivity contribution < 1.29 is 13.2 Å². The third-order valence-electron chi connectivity index (χ3n) is 4.25. The van der Waals surface area contributed by atoms with Crippen LogP contribution in [0.5, 0.6) is 5.75 Å². The molecule has 0 radical (unpaired) electrons. The zero-order valence-electron chi connectivity index (χ0n) is 12.3. The maximum absolute atomic E-state index is 11.5. The maximum atomic E-state index is 11.5. The highest BCUT2D eigenvalue weighted by Gasteiger charge is 2.26. The number of hydrogen-bond donors (Lipinski definition) is 1. The minimum Gasteiger partial charge on any atom is -0.488 e. The molecular formula is C15H23NO3S. The van der Waals surface area contributed by atoms with Crippen molar-refractivity contribution in [3.05, 3.63) is 18.2 Å². The number of nitrogens with two attached hydrogens (primary N) is 1. The first kappa shape index (κ1) is 15.2. The zero-order valence-corrected chi connectivity index (χ0v) is 13.1. The largest absolute Gasteiger partial charge is 0.488 e. The molecule has 3 atom stereocenters. The van der Waals surface area contributed by atoms with Crippen LogP contribution in [0.15, 0.2) is 23.1 Å². The minimum atomic E-state index is -3.23. The van der Waals surface area contributed by atoms with Crippen LogP contribution >= 0.6 is 0 Å². The fourth-order valence-electron chi connectivity index (χ4n) is 2.65. The number of benzene rings is 1. The standard InChI is InChI=1S/C15H23NO3S/c1-10-4-5-12(8-11(10)2)19-15-7-6-13(9-14(15)16)20(3,17)18/h6-7,9-12H,4-5,8,16H2,1-3H3. The molecular weight excluding hydrogens is 274 g/mol. The predicted molar refractivity (Wildman–Crippen MR) is 80.6 cm³/mol. The molecule has 112 valence electrons. The van der Waals surface area contributed by atoms with Crippen LogP contribution in [0.25, 0.3) is 0 Å². The fraction of sp³-hybridized carbons (Fsp3) is 0.600. The second kappa shape index (κ2) is 5.64. The van der Waals surface area contributed by atoms with Crippen LogP contribution in [0, 0.1) is 11.8 Å². The van der Waals surface area contributed by atoms with Gasteiger partial charge >= 0.3 is 0 Å². The van der Waals surface area contributed by atoms with Gasteiger partial charge in [-0.2, -0.15) is 0 Å². The molecule has 0 saturated heterocycles. The summed E-state index contributed by atoms with van der Waals surface area (Å²) in [5.74, 6) is 1.97. The number of anilines is 1. The third kappa shape index (κ3) is 3.45. The van der Waals surface area contributed by atoms with E-state index in [4.69, 9.17) is 10.5 Å². The van der Waals surface area contributed by atoms with E-state index in [0.29, 0.717) is 17.4 Å². The van der Waals surface area contributed by atoms with Crippen LogP contribution in [0.3, 0.4) is 0 Å². The normalized spacial score (nSPS) is 27.2. The topological polar surface area (TPSA) is 69.4 Å². The van der Waals surface area contributed by atoms with Gasteiger partial charge in [0.1, 0.15) is 5.75 Å². The van der Waals surface area contributed by atoms with Gasteiger partial charge in [0, 0.05) is 6.26 Å². The lowest BCUT2D eigenvalue weighted by atomic mass is 9.80. The number of hydrogen-bond acceptors (Lipinski definition) is 4. The number of nitrogen functional groups attached to an aromatic ring is 1. The fourth-order valence-corrected chi connectivity index (χ4v) is 3.31. The molecule has 1 aromatic rings. The Bertz CT molecular complexity index is 583. The van der Waals surface area contributed by atoms with Gasteiger partial charge in [-0.05, 0) is 49.3 Å². The zero-order chi connectivity index (χ0) is 14.9. The lowest BCUT2D eigenvalue weighted by Gasteiger charge is -2.32. The van der Waals surface area contributed by atoms with E-state index in [2.05, 4.69) is 13.8 Å². The average Bonchev–Trinajstić information content (AvgIpc) is 2.35.